The molecule has 2 amide bonds. The van der Waals surface area contributed by atoms with Gasteiger partial charge in [-0.15, -0.1) is 0 Å². The Hall–Kier alpha value is -4.20. The van der Waals surface area contributed by atoms with Crippen LogP contribution in [0.15, 0.2) is 60.9 Å². The molecular weight excluding hydrogens is 510 g/mol. The number of hydrogen-bond acceptors (Lipinski definition) is 4. The number of carbonyl (C=O) groups is 2. The van der Waals surface area contributed by atoms with Crippen LogP contribution in [0.4, 0.5) is 14.6 Å². The molecule has 1 spiro atoms. The maximum Gasteiger partial charge on any atom is 0.237 e. The van der Waals surface area contributed by atoms with Crippen LogP contribution in [0.1, 0.15) is 60.5 Å². The van der Waals surface area contributed by atoms with Crippen molar-refractivity contribution in [3.05, 3.63) is 100 Å². The Kier molecular flexibility index (Phi) is 5.37. The van der Waals surface area contributed by atoms with E-state index in [4.69, 9.17) is 4.98 Å². The van der Waals surface area contributed by atoms with Crippen LogP contribution in [-0.2, 0) is 34.4 Å². The van der Waals surface area contributed by atoms with E-state index in [0.717, 1.165) is 52.1 Å². The van der Waals surface area contributed by atoms with E-state index >= 15 is 0 Å². The van der Waals surface area contributed by atoms with E-state index in [1.54, 1.807) is 24.2 Å². The van der Waals surface area contributed by atoms with Gasteiger partial charge >= 0.3 is 0 Å². The number of amides is 2. The van der Waals surface area contributed by atoms with E-state index in [1.807, 2.05) is 25.1 Å². The zero-order valence-electron chi connectivity index (χ0n) is 22.3. The summed E-state index contributed by atoms with van der Waals surface area (Å²) in [6, 6.07) is 12.9. The van der Waals surface area contributed by atoms with Crippen LogP contribution in [0.5, 0.6) is 0 Å². The minimum atomic E-state index is -0.666. The number of carbonyl (C=O) groups excluding carboxylic acids is 2. The number of benzene rings is 2. The molecule has 3 heterocycles. The molecule has 40 heavy (non-hydrogen) atoms. The summed E-state index contributed by atoms with van der Waals surface area (Å²) in [5.74, 6) is -0.757. The van der Waals surface area contributed by atoms with Crippen LogP contribution < -0.4 is 5.32 Å². The largest absolute Gasteiger partial charge is 0.331 e. The summed E-state index contributed by atoms with van der Waals surface area (Å²) in [4.78, 5) is 37.5. The predicted octanol–water partition coefficient (Wildman–Crippen LogP) is 5.79. The number of rotatable bonds is 5. The van der Waals surface area contributed by atoms with Gasteiger partial charge in [-0.1, -0.05) is 13.0 Å². The summed E-state index contributed by atoms with van der Waals surface area (Å²) in [5.41, 5.74) is 4.07. The molecule has 2 aromatic carbocycles. The topological polar surface area (TPSA) is 75.2 Å². The molecule has 0 radical (unpaired) electrons. The minimum absolute atomic E-state index is 0.0272. The molecule has 2 atom stereocenters. The lowest BCUT2D eigenvalue weighted by molar-refractivity contribution is -0.139. The highest BCUT2D eigenvalue weighted by atomic mass is 19.1. The third-order valence-electron chi connectivity index (χ3n) is 9.00. The summed E-state index contributed by atoms with van der Waals surface area (Å²) in [6.45, 7) is 4.00. The van der Waals surface area contributed by atoms with Crippen molar-refractivity contribution in [3.8, 4) is 0 Å². The highest BCUT2D eigenvalue weighted by molar-refractivity contribution is 6.06. The third-order valence-corrected chi connectivity index (χ3v) is 9.00. The maximum absolute atomic E-state index is 14.0. The van der Waals surface area contributed by atoms with Gasteiger partial charge in [-0.3, -0.25) is 14.6 Å². The zero-order valence-corrected chi connectivity index (χ0v) is 22.3. The number of hydrogen-bond donors (Lipinski definition) is 1. The molecule has 4 aromatic rings. The average molecular weight is 539 g/mol. The first-order valence-electron chi connectivity index (χ1n) is 13.6. The number of halogens is 2. The summed E-state index contributed by atoms with van der Waals surface area (Å²) in [6.07, 6.45) is 6.21. The summed E-state index contributed by atoms with van der Waals surface area (Å²) >= 11 is 0. The minimum Gasteiger partial charge on any atom is -0.331 e. The molecule has 0 bridgehead atoms. The SMILES string of the molecule is CC(c1cc(F)cc(F)c1)N(Cc1cnc2cc3c(cc2c1)CC1(C3)C(=O)Nc2ncccc21)C(=O)C1(C)CC1. The molecule has 2 unspecified atom stereocenters. The molecule has 1 saturated carbocycles. The Balaban J connectivity index is 1.22. The molecule has 3 aliphatic rings. The predicted molar refractivity (Wildman–Crippen MR) is 146 cm³/mol. The maximum atomic E-state index is 14.0. The van der Waals surface area contributed by atoms with Crippen LogP contribution in [0, 0.1) is 17.0 Å². The van der Waals surface area contributed by atoms with Crippen molar-refractivity contribution in [1.82, 2.24) is 14.9 Å². The number of fused-ring (bicyclic) bond motifs is 4. The summed E-state index contributed by atoms with van der Waals surface area (Å²) in [5, 5.41) is 3.87. The smallest absolute Gasteiger partial charge is 0.237 e. The molecule has 202 valence electrons. The van der Waals surface area contributed by atoms with Crippen LogP contribution in [0.3, 0.4) is 0 Å². The molecule has 1 fully saturated rings. The van der Waals surface area contributed by atoms with E-state index in [2.05, 4.69) is 22.4 Å². The summed E-state index contributed by atoms with van der Waals surface area (Å²) < 4.78 is 28.1. The summed E-state index contributed by atoms with van der Waals surface area (Å²) in [7, 11) is 0. The molecule has 1 aliphatic heterocycles. The zero-order chi connectivity index (χ0) is 27.8. The van der Waals surface area contributed by atoms with Crippen molar-refractivity contribution in [2.45, 2.75) is 57.5 Å². The Morgan fingerprint density at radius 3 is 2.50 bits per heavy atom. The highest BCUT2D eigenvalue weighted by Gasteiger charge is 2.51. The number of nitrogens with zero attached hydrogens (tertiary/aromatic N) is 3. The standard InChI is InChI=1S/C32H28F2N4O2/c1-18(20-10-24(33)13-25(34)11-20)38(30(40)31(2)5-6-31)17-19-8-21-9-22-14-32(15-23(22)12-27(21)36-16-19)26-4-3-7-35-28(26)37-29(32)39/h3-4,7-13,16,18H,5-6,14-15,17H2,1-2H3,(H,35,37,39). The lowest BCUT2D eigenvalue weighted by atomic mass is 9.79. The van der Waals surface area contributed by atoms with Crippen LogP contribution in [0.25, 0.3) is 10.9 Å². The molecule has 7 rings (SSSR count). The van der Waals surface area contributed by atoms with Crippen LogP contribution in [-0.4, -0.2) is 26.7 Å². The van der Waals surface area contributed by atoms with Gasteiger partial charge in [0.1, 0.15) is 17.5 Å². The van der Waals surface area contributed by atoms with Crippen molar-refractivity contribution in [2.75, 3.05) is 5.32 Å². The Morgan fingerprint density at radius 1 is 1.05 bits per heavy atom. The van der Waals surface area contributed by atoms with E-state index in [1.165, 1.54) is 12.1 Å². The molecule has 2 aromatic heterocycles. The van der Waals surface area contributed by atoms with Gasteiger partial charge in [-0.05, 0) is 91.3 Å². The van der Waals surface area contributed by atoms with Crippen molar-refractivity contribution in [2.24, 2.45) is 5.41 Å². The van der Waals surface area contributed by atoms with Gasteiger partial charge in [0.25, 0.3) is 0 Å². The highest BCUT2D eigenvalue weighted by Crippen LogP contribution is 2.49. The molecule has 2 aliphatic carbocycles. The molecule has 1 N–H and O–H groups in total. The molecule has 8 heteroatoms. The van der Waals surface area contributed by atoms with Gasteiger partial charge < -0.3 is 10.2 Å². The van der Waals surface area contributed by atoms with E-state index in [9.17, 15) is 18.4 Å². The van der Waals surface area contributed by atoms with E-state index in [0.29, 0.717) is 24.2 Å². The normalized spacial score (nSPS) is 20.8. The number of nitrogens with one attached hydrogen (secondary N) is 1. The van der Waals surface area contributed by atoms with Crippen molar-refractivity contribution >= 4 is 28.5 Å². The Labute approximate surface area is 230 Å². The van der Waals surface area contributed by atoms with Gasteiger partial charge in [-0.2, -0.15) is 0 Å². The second kappa shape index (κ2) is 8.65. The Bertz CT molecular complexity index is 1710. The first-order valence-corrected chi connectivity index (χ1v) is 13.6. The number of pyridine rings is 2. The fourth-order valence-electron chi connectivity index (χ4n) is 6.36. The van der Waals surface area contributed by atoms with Crippen LogP contribution in [0.2, 0.25) is 0 Å². The first-order chi connectivity index (χ1) is 19.1. The van der Waals surface area contributed by atoms with Crippen LogP contribution >= 0.6 is 0 Å². The van der Waals surface area contributed by atoms with Crippen molar-refractivity contribution < 1.29 is 18.4 Å². The van der Waals surface area contributed by atoms with Gasteiger partial charge in [0, 0.05) is 41.4 Å². The molecule has 6 nitrogen and oxygen atoms in total. The third kappa shape index (κ3) is 3.88. The Morgan fingerprint density at radius 2 is 1.77 bits per heavy atom. The van der Waals surface area contributed by atoms with Crippen molar-refractivity contribution in [1.29, 1.82) is 0 Å². The van der Waals surface area contributed by atoms with Crippen molar-refractivity contribution in [3.63, 3.8) is 0 Å². The second-order valence-corrected chi connectivity index (χ2v) is 11.8. The quantitative estimate of drug-likeness (QED) is 0.349. The van der Waals surface area contributed by atoms with E-state index in [-0.39, 0.29) is 18.4 Å². The van der Waals surface area contributed by atoms with Gasteiger partial charge in [-0.25, -0.2) is 13.8 Å². The second-order valence-electron chi connectivity index (χ2n) is 11.8. The molecule has 0 saturated heterocycles. The van der Waals surface area contributed by atoms with Gasteiger partial charge in [0.05, 0.1) is 17.0 Å². The van der Waals surface area contributed by atoms with Gasteiger partial charge in [0.15, 0.2) is 0 Å². The fraction of sp³-hybridized carbons (Fsp3) is 0.312. The fourth-order valence-corrected chi connectivity index (χ4v) is 6.36. The van der Waals surface area contributed by atoms with E-state index < -0.39 is 28.5 Å². The number of aromatic nitrogens is 2. The monoisotopic (exact) mass is 538 g/mol. The average Bonchev–Trinajstić information content (AvgIpc) is 3.48. The first kappa shape index (κ1) is 24.8. The lowest BCUT2D eigenvalue weighted by Gasteiger charge is -2.32. The molecular formula is C32H28F2N4O2. The van der Waals surface area contributed by atoms with Gasteiger partial charge in [0.2, 0.25) is 11.8 Å². The number of anilines is 1. The lowest BCUT2D eigenvalue weighted by Crippen LogP contribution is -2.37.